The molecule has 2 aromatic rings. The van der Waals surface area contributed by atoms with Crippen LogP contribution >= 0.6 is 11.8 Å². The number of rotatable bonds is 6. The van der Waals surface area contributed by atoms with Crippen LogP contribution in [0.5, 0.6) is 0 Å². The Balaban J connectivity index is 2.04. The van der Waals surface area contributed by atoms with Gasteiger partial charge in [0.1, 0.15) is 0 Å². The number of aliphatic hydroxyl groups excluding tert-OH is 1. The van der Waals surface area contributed by atoms with Gasteiger partial charge in [0.05, 0.1) is 0 Å². The summed E-state index contributed by atoms with van der Waals surface area (Å²) in [6.07, 6.45) is 1.79. The molecule has 0 aliphatic heterocycles. The van der Waals surface area contributed by atoms with E-state index in [1.807, 2.05) is 42.1 Å². The molecule has 2 atom stereocenters. The minimum atomic E-state index is -0.353. The van der Waals surface area contributed by atoms with Crippen molar-refractivity contribution in [1.29, 1.82) is 0 Å². The molecular weight excluding hydrogens is 331 g/mol. The van der Waals surface area contributed by atoms with Crippen molar-refractivity contribution < 1.29 is 5.11 Å². The van der Waals surface area contributed by atoms with Gasteiger partial charge < -0.3 is 0 Å². The minimum absolute atomic E-state index is 0.301. The fourth-order valence-electron chi connectivity index (χ4n) is 2.01. The molecule has 0 aliphatic carbocycles. The van der Waals surface area contributed by atoms with E-state index in [2.05, 4.69) is 37.4 Å². The van der Waals surface area contributed by atoms with Gasteiger partial charge in [-0.3, -0.25) is 0 Å². The Labute approximate surface area is 132 Å². The van der Waals surface area contributed by atoms with Crippen molar-refractivity contribution in [1.82, 2.24) is 0 Å². The molecule has 0 aliphatic rings. The van der Waals surface area contributed by atoms with Crippen LogP contribution in [-0.2, 0) is 0 Å². The Kier molecular flexibility index (Phi) is 6.18. The van der Waals surface area contributed by atoms with Gasteiger partial charge >= 0.3 is 132 Å². The molecule has 1 unspecified atom stereocenters. The molecule has 0 saturated carbocycles. The molecule has 0 spiro atoms. The quantitative estimate of drug-likeness (QED) is 0.803. The average molecular weight is 351 g/mol. The van der Waals surface area contributed by atoms with Gasteiger partial charge in [0.25, 0.3) is 0 Å². The third-order valence-corrected chi connectivity index (χ3v) is 6.70. The third kappa shape index (κ3) is 4.13. The Morgan fingerprint density at radius 3 is 2.40 bits per heavy atom. The van der Waals surface area contributed by atoms with Crippen LogP contribution in [0.15, 0.2) is 54.6 Å². The molecule has 1 nitrogen and oxygen atoms in total. The zero-order valence-corrected chi connectivity index (χ0v) is 14.4. The van der Waals surface area contributed by atoms with Crippen LogP contribution in [0.4, 0.5) is 0 Å². The van der Waals surface area contributed by atoms with Crippen molar-refractivity contribution >= 4 is 31.2 Å². The maximum atomic E-state index is 10.3. The van der Waals surface area contributed by atoms with Crippen LogP contribution in [0.25, 0.3) is 0 Å². The van der Waals surface area contributed by atoms with Crippen molar-refractivity contribution in [2.75, 3.05) is 6.26 Å². The third-order valence-electron chi connectivity index (χ3n) is 3.29. The molecule has 2 aromatic carbocycles. The first-order valence-electron chi connectivity index (χ1n) is 6.70. The molecular formula is C17H20OSSe. The zero-order chi connectivity index (χ0) is 14.4. The van der Waals surface area contributed by atoms with E-state index in [9.17, 15) is 5.11 Å². The molecule has 106 valence electrons. The van der Waals surface area contributed by atoms with Crippen LogP contribution in [0.3, 0.4) is 0 Å². The molecule has 2 rings (SSSR count). The summed E-state index contributed by atoms with van der Waals surface area (Å²) in [4.78, 5) is 0. The van der Waals surface area contributed by atoms with Gasteiger partial charge in [0.15, 0.2) is 0 Å². The second-order valence-electron chi connectivity index (χ2n) is 4.65. The fraction of sp³-hybridized carbons (Fsp3) is 0.294. The van der Waals surface area contributed by atoms with E-state index in [4.69, 9.17) is 0 Å². The normalized spacial score (nSPS) is 13.9. The topological polar surface area (TPSA) is 20.2 Å². The summed E-state index contributed by atoms with van der Waals surface area (Å²) in [5.74, 6) is 0. The van der Waals surface area contributed by atoms with Crippen molar-refractivity contribution in [3.05, 3.63) is 65.7 Å². The summed E-state index contributed by atoms with van der Waals surface area (Å²) in [5, 5.41) is 11.6. The number of hydrogen-bond acceptors (Lipinski definition) is 2. The second kappa shape index (κ2) is 7.90. The van der Waals surface area contributed by atoms with E-state index in [0.29, 0.717) is 20.2 Å². The van der Waals surface area contributed by atoms with E-state index < -0.39 is 0 Å². The summed E-state index contributed by atoms with van der Waals surface area (Å²) < 4.78 is 1.41. The van der Waals surface area contributed by atoms with Gasteiger partial charge in [0, 0.05) is 0 Å². The van der Waals surface area contributed by atoms with Crippen LogP contribution in [0, 0.1) is 0 Å². The van der Waals surface area contributed by atoms with Gasteiger partial charge in [-0.15, -0.1) is 0 Å². The number of benzene rings is 2. The number of aliphatic hydroxyl groups is 1. The predicted molar refractivity (Wildman–Crippen MR) is 90.0 cm³/mol. The van der Waals surface area contributed by atoms with Crippen molar-refractivity contribution in [3.63, 3.8) is 0 Å². The number of thioether (sulfide) groups is 1. The zero-order valence-electron chi connectivity index (χ0n) is 11.8. The molecule has 0 radical (unpaired) electrons. The van der Waals surface area contributed by atoms with Gasteiger partial charge in [-0.1, -0.05) is 0 Å². The SMILES string of the molecule is CS[C@@H](C)c1ccccc1[Se]CC(O)c1ccccc1. The Hall–Kier alpha value is -0.731. The van der Waals surface area contributed by atoms with Crippen LogP contribution in [-0.4, -0.2) is 26.3 Å². The van der Waals surface area contributed by atoms with Gasteiger partial charge in [-0.05, 0) is 0 Å². The maximum absolute atomic E-state index is 10.3. The van der Waals surface area contributed by atoms with Crippen LogP contribution < -0.4 is 4.46 Å². The molecule has 0 bridgehead atoms. The summed E-state index contributed by atoms with van der Waals surface area (Å²) in [6.45, 7) is 2.24. The Morgan fingerprint density at radius 2 is 1.70 bits per heavy atom. The monoisotopic (exact) mass is 352 g/mol. The van der Waals surface area contributed by atoms with E-state index in [1.165, 1.54) is 10.0 Å². The molecule has 0 aromatic heterocycles. The summed E-state index contributed by atoms with van der Waals surface area (Å²) in [6, 6.07) is 18.6. The van der Waals surface area contributed by atoms with Gasteiger partial charge in [-0.2, -0.15) is 0 Å². The van der Waals surface area contributed by atoms with Crippen molar-refractivity contribution in [2.45, 2.75) is 23.6 Å². The summed E-state index contributed by atoms with van der Waals surface area (Å²) in [7, 11) is 0. The standard InChI is InChI=1S/C17H20OSSe/c1-13(19-2)15-10-6-7-11-17(15)20-12-16(18)14-8-4-3-5-9-14/h3-11,13,16,18H,12H2,1-2H3/t13-,16?/m0/s1. The van der Waals surface area contributed by atoms with Gasteiger partial charge in [-0.25, -0.2) is 0 Å². The van der Waals surface area contributed by atoms with Crippen molar-refractivity contribution in [2.24, 2.45) is 0 Å². The first-order valence-corrected chi connectivity index (χ1v) is 10.1. The van der Waals surface area contributed by atoms with E-state index in [-0.39, 0.29) is 6.10 Å². The first kappa shape index (κ1) is 15.7. The van der Waals surface area contributed by atoms with Crippen LogP contribution in [0.1, 0.15) is 29.4 Å². The first-order chi connectivity index (χ1) is 9.72. The van der Waals surface area contributed by atoms with Crippen molar-refractivity contribution in [3.8, 4) is 0 Å². The Morgan fingerprint density at radius 1 is 1.05 bits per heavy atom. The fourth-order valence-corrected chi connectivity index (χ4v) is 4.98. The Bertz CT molecular complexity index is 530. The van der Waals surface area contributed by atoms with E-state index in [1.54, 1.807) is 0 Å². The van der Waals surface area contributed by atoms with Crippen LogP contribution in [0.2, 0.25) is 5.32 Å². The molecule has 3 heteroatoms. The molecule has 1 N–H and O–H groups in total. The molecule has 0 fully saturated rings. The predicted octanol–water partition coefficient (Wildman–Crippen LogP) is 3.59. The number of hydrogen-bond donors (Lipinski definition) is 1. The molecule has 20 heavy (non-hydrogen) atoms. The second-order valence-corrected chi connectivity index (χ2v) is 8.06. The molecule has 0 amide bonds. The molecule has 0 heterocycles. The summed E-state index contributed by atoms with van der Waals surface area (Å²) in [5.41, 5.74) is 2.44. The molecule has 0 saturated heterocycles. The van der Waals surface area contributed by atoms with E-state index in [0.717, 1.165) is 10.9 Å². The average Bonchev–Trinajstić information content (AvgIpc) is 2.53. The van der Waals surface area contributed by atoms with E-state index >= 15 is 0 Å². The van der Waals surface area contributed by atoms with Gasteiger partial charge in [0.2, 0.25) is 0 Å². The summed E-state index contributed by atoms with van der Waals surface area (Å²) >= 11 is 2.17.